The summed E-state index contributed by atoms with van der Waals surface area (Å²) in [6, 6.07) is -0.482. The van der Waals surface area contributed by atoms with Gasteiger partial charge in [0, 0.05) is 26.8 Å². The number of hydrogen-bond donors (Lipinski definition) is 3. The number of nitrogens with two attached hydrogens (primary N) is 1. The van der Waals surface area contributed by atoms with Crippen LogP contribution in [0.5, 0.6) is 0 Å². The first-order valence-electron chi connectivity index (χ1n) is 4.09. The topological polar surface area (TPSA) is 87.5 Å². The molecule has 0 bridgehead atoms. The summed E-state index contributed by atoms with van der Waals surface area (Å²) in [5.41, 5.74) is 6.02. The molecule has 6 heteroatoms. The summed E-state index contributed by atoms with van der Waals surface area (Å²) in [4.78, 5) is 23.6. The molecule has 80 valence electrons. The number of nitrogens with one attached hydrogen (secondary N) is 2. The molecule has 6 nitrogen and oxygen atoms in total. The molecule has 4 N–H and O–H groups in total. The summed E-state index contributed by atoms with van der Waals surface area (Å²) in [6.45, 7) is 1.58. The van der Waals surface area contributed by atoms with Crippen molar-refractivity contribution in [1.29, 1.82) is 0 Å². The van der Waals surface area contributed by atoms with Gasteiger partial charge in [-0.2, -0.15) is 0 Å². The average Bonchev–Trinajstić information content (AvgIpc) is 2.15. The minimum absolute atomic E-state index is 0.219. The lowest BCUT2D eigenvalue weighted by molar-refractivity contribution is -0.123. The van der Waals surface area contributed by atoms with Crippen molar-refractivity contribution in [2.45, 2.75) is 6.92 Å². The summed E-state index contributed by atoms with van der Waals surface area (Å²) in [7, 11) is 4.40. The molecule has 0 heterocycles. The fourth-order valence-electron chi connectivity index (χ4n) is 0.900. The van der Waals surface area contributed by atoms with E-state index in [1.807, 2.05) is 0 Å². The van der Waals surface area contributed by atoms with Crippen LogP contribution in [0.2, 0.25) is 0 Å². The molecule has 0 aliphatic rings. The summed E-state index contributed by atoms with van der Waals surface area (Å²) < 4.78 is 0. The monoisotopic (exact) mass is 200 g/mol. The molecule has 0 rings (SSSR count). The minimum Gasteiger partial charge on any atom is -0.400 e. The Morgan fingerprint density at radius 2 is 1.71 bits per heavy atom. The van der Waals surface area contributed by atoms with Gasteiger partial charge in [-0.25, -0.2) is 4.79 Å². The second-order valence-electron chi connectivity index (χ2n) is 2.73. The highest BCUT2D eigenvalue weighted by Gasteiger charge is 2.19. The van der Waals surface area contributed by atoms with Gasteiger partial charge < -0.3 is 16.4 Å². The SMILES string of the molecule is CNC(=O)N(C)C(=O)/C(NC)=C(\C)N. The van der Waals surface area contributed by atoms with Crippen LogP contribution in [0.15, 0.2) is 11.4 Å². The molecule has 0 saturated carbocycles. The lowest BCUT2D eigenvalue weighted by Crippen LogP contribution is -2.42. The molecule has 0 aromatic carbocycles. The molecular weight excluding hydrogens is 184 g/mol. The molecule has 3 amide bonds. The maximum Gasteiger partial charge on any atom is 0.323 e. The van der Waals surface area contributed by atoms with Crippen LogP contribution in [-0.4, -0.2) is 38.0 Å². The van der Waals surface area contributed by atoms with E-state index in [0.29, 0.717) is 5.70 Å². The fourth-order valence-corrected chi connectivity index (χ4v) is 0.900. The Hall–Kier alpha value is -1.72. The van der Waals surface area contributed by atoms with E-state index in [0.717, 1.165) is 4.90 Å². The normalized spacial score (nSPS) is 11.4. The standard InChI is InChI=1S/C8H16N4O2/c1-5(9)6(10-2)7(13)12(4)8(14)11-3/h10H,9H2,1-4H3,(H,11,14)/b6-5-. The lowest BCUT2D eigenvalue weighted by Gasteiger charge is -2.17. The second kappa shape index (κ2) is 5.11. The van der Waals surface area contributed by atoms with Gasteiger partial charge in [-0.1, -0.05) is 0 Å². The number of hydrogen-bond acceptors (Lipinski definition) is 4. The van der Waals surface area contributed by atoms with Crippen LogP contribution in [-0.2, 0) is 4.79 Å². The van der Waals surface area contributed by atoms with Crippen LogP contribution in [0.4, 0.5) is 4.79 Å². The summed E-state index contributed by atoms with van der Waals surface area (Å²) in [5, 5.41) is 4.98. The number of amides is 3. The van der Waals surface area contributed by atoms with Crippen molar-refractivity contribution in [1.82, 2.24) is 15.5 Å². The summed E-state index contributed by atoms with van der Waals surface area (Å²) >= 11 is 0. The van der Waals surface area contributed by atoms with E-state index in [9.17, 15) is 9.59 Å². The van der Waals surface area contributed by atoms with Crippen LogP contribution in [0, 0.1) is 0 Å². The van der Waals surface area contributed by atoms with Gasteiger partial charge in [0.15, 0.2) is 0 Å². The van der Waals surface area contributed by atoms with Crippen molar-refractivity contribution in [2.24, 2.45) is 5.73 Å². The summed E-state index contributed by atoms with van der Waals surface area (Å²) in [6.07, 6.45) is 0. The molecule has 0 radical (unpaired) electrons. The molecule has 0 atom stereocenters. The highest BCUT2D eigenvalue weighted by atomic mass is 16.2. The van der Waals surface area contributed by atoms with Crippen LogP contribution < -0.4 is 16.4 Å². The third-order valence-electron chi connectivity index (χ3n) is 1.68. The Labute approximate surface area is 83.1 Å². The molecule has 0 aliphatic heterocycles. The highest BCUT2D eigenvalue weighted by Crippen LogP contribution is 1.99. The Kier molecular flexibility index (Phi) is 4.48. The molecule has 0 spiro atoms. The van der Waals surface area contributed by atoms with Crippen LogP contribution >= 0.6 is 0 Å². The third-order valence-corrected chi connectivity index (χ3v) is 1.68. The number of urea groups is 1. The van der Waals surface area contributed by atoms with Crippen molar-refractivity contribution in [3.63, 3.8) is 0 Å². The third kappa shape index (κ3) is 2.65. The molecule has 14 heavy (non-hydrogen) atoms. The first kappa shape index (κ1) is 12.3. The number of rotatable bonds is 2. The Bertz CT molecular complexity index is 269. The zero-order valence-corrected chi connectivity index (χ0v) is 8.84. The quantitative estimate of drug-likeness (QED) is 0.509. The van der Waals surface area contributed by atoms with E-state index < -0.39 is 11.9 Å². The zero-order chi connectivity index (χ0) is 11.3. The highest BCUT2D eigenvalue weighted by molar-refractivity contribution is 6.03. The van der Waals surface area contributed by atoms with Gasteiger partial charge in [0.05, 0.1) is 0 Å². The Morgan fingerprint density at radius 3 is 2.00 bits per heavy atom. The van der Waals surface area contributed by atoms with Crippen molar-refractivity contribution in [2.75, 3.05) is 21.1 Å². The smallest absolute Gasteiger partial charge is 0.323 e. The van der Waals surface area contributed by atoms with Crippen LogP contribution in [0.25, 0.3) is 0 Å². The predicted molar refractivity (Wildman–Crippen MR) is 53.2 cm³/mol. The number of allylic oxidation sites excluding steroid dienone is 1. The van der Waals surface area contributed by atoms with E-state index in [2.05, 4.69) is 10.6 Å². The fraction of sp³-hybridized carbons (Fsp3) is 0.500. The number of carbonyl (C=O) groups excluding carboxylic acids is 2. The van der Waals surface area contributed by atoms with Gasteiger partial charge in [0.2, 0.25) is 0 Å². The van der Waals surface area contributed by atoms with Crippen molar-refractivity contribution in [3.05, 3.63) is 11.4 Å². The molecule has 0 aromatic heterocycles. The zero-order valence-electron chi connectivity index (χ0n) is 8.84. The molecular formula is C8H16N4O2. The van der Waals surface area contributed by atoms with E-state index in [-0.39, 0.29) is 5.70 Å². The van der Waals surface area contributed by atoms with Crippen molar-refractivity contribution in [3.8, 4) is 0 Å². The first-order valence-corrected chi connectivity index (χ1v) is 4.09. The van der Waals surface area contributed by atoms with Crippen LogP contribution in [0.1, 0.15) is 6.92 Å². The van der Waals surface area contributed by atoms with Crippen molar-refractivity contribution >= 4 is 11.9 Å². The predicted octanol–water partition coefficient (Wildman–Crippen LogP) is -0.806. The molecule has 0 fully saturated rings. The number of carbonyl (C=O) groups is 2. The van der Waals surface area contributed by atoms with Gasteiger partial charge in [-0.3, -0.25) is 9.69 Å². The van der Waals surface area contributed by atoms with Gasteiger partial charge in [0.25, 0.3) is 5.91 Å². The molecule has 0 saturated heterocycles. The Balaban J connectivity index is 4.78. The van der Waals surface area contributed by atoms with E-state index in [4.69, 9.17) is 5.73 Å². The van der Waals surface area contributed by atoms with E-state index in [1.54, 1.807) is 14.0 Å². The van der Waals surface area contributed by atoms with Crippen LogP contribution in [0.3, 0.4) is 0 Å². The average molecular weight is 200 g/mol. The maximum absolute atomic E-state index is 11.6. The Morgan fingerprint density at radius 1 is 1.21 bits per heavy atom. The minimum atomic E-state index is -0.482. The first-order chi connectivity index (χ1) is 6.45. The van der Waals surface area contributed by atoms with Gasteiger partial charge in [-0.15, -0.1) is 0 Å². The van der Waals surface area contributed by atoms with Crippen molar-refractivity contribution < 1.29 is 9.59 Å². The maximum atomic E-state index is 11.6. The number of likely N-dealkylation sites (N-methyl/N-ethyl adjacent to an activating group) is 2. The molecule has 0 unspecified atom stereocenters. The number of nitrogens with zero attached hydrogens (tertiary/aromatic N) is 1. The molecule has 0 aromatic rings. The lowest BCUT2D eigenvalue weighted by atomic mass is 10.3. The van der Waals surface area contributed by atoms with Gasteiger partial charge >= 0.3 is 6.03 Å². The second-order valence-corrected chi connectivity index (χ2v) is 2.73. The van der Waals surface area contributed by atoms with Gasteiger partial charge in [0.1, 0.15) is 5.70 Å². The van der Waals surface area contributed by atoms with Gasteiger partial charge in [-0.05, 0) is 6.92 Å². The number of imide groups is 1. The summed E-state index contributed by atoms with van der Waals surface area (Å²) in [5.74, 6) is -0.466. The molecule has 0 aliphatic carbocycles. The van der Waals surface area contributed by atoms with E-state index >= 15 is 0 Å². The van der Waals surface area contributed by atoms with E-state index in [1.165, 1.54) is 14.1 Å². The largest absolute Gasteiger partial charge is 0.400 e.